The van der Waals surface area contributed by atoms with Gasteiger partial charge in [-0.3, -0.25) is 14.9 Å². The van der Waals surface area contributed by atoms with Gasteiger partial charge >= 0.3 is 0 Å². The number of hydrogen-bond acceptors (Lipinski definition) is 4. The topological polar surface area (TPSA) is 81.5 Å². The van der Waals surface area contributed by atoms with Gasteiger partial charge in [-0.2, -0.15) is 0 Å². The number of carbonyl (C=O) groups is 1. The molecule has 0 saturated carbocycles. The molecule has 7 heteroatoms. The fourth-order valence-electron chi connectivity index (χ4n) is 2.29. The summed E-state index contributed by atoms with van der Waals surface area (Å²) in [4.78, 5) is 22.1. The maximum atomic E-state index is 13.9. The van der Waals surface area contributed by atoms with Gasteiger partial charge in [-0.05, 0) is 31.7 Å². The summed E-state index contributed by atoms with van der Waals surface area (Å²) in [6.07, 6.45) is 2.80. The lowest BCUT2D eigenvalue weighted by molar-refractivity contribution is -0.385. The highest BCUT2D eigenvalue weighted by Gasteiger charge is 2.21. The Morgan fingerprint density at radius 3 is 2.90 bits per heavy atom. The van der Waals surface area contributed by atoms with Crippen LogP contribution in [0.5, 0.6) is 0 Å². The Morgan fingerprint density at radius 1 is 1.52 bits per heavy atom. The lowest BCUT2D eigenvalue weighted by atomic mass is 10.1. The maximum Gasteiger partial charge on any atom is 0.270 e. The van der Waals surface area contributed by atoms with Crippen LogP contribution in [0.2, 0.25) is 0 Å². The molecule has 6 nitrogen and oxygen atoms in total. The normalized spacial score (nSPS) is 18.3. The molecular weight excluding hydrogens is 279 g/mol. The number of rotatable bonds is 4. The van der Waals surface area contributed by atoms with Crippen molar-refractivity contribution in [1.29, 1.82) is 0 Å². The minimum absolute atomic E-state index is 0.0725. The monoisotopic (exact) mass is 296 g/mol. The summed E-state index contributed by atoms with van der Waals surface area (Å²) >= 11 is 0. The Balaban J connectivity index is 2.09. The number of nitrogens with one attached hydrogen (secondary N) is 1. The van der Waals surface area contributed by atoms with Crippen LogP contribution in [0, 0.1) is 22.9 Å². The van der Waals surface area contributed by atoms with Crippen molar-refractivity contribution in [3.63, 3.8) is 0 Å². The Labute approximate surface area is 121 Å². The Hall–Kier alpha value is -2.02. The molecule has 1 saturated heterocycles. The Bertz CT molecular complexity index is 556. The minimum atomic E-state index is -0.734. The van der Waals surface area contributed by atoms with Gasteiger partial charge in [0.2, 0.25) is 0 Å². The third-order valence-electron chi connectivity index (χ3n) is 3.46. The molecule has 2 rings (SSSR count). The summed E-state index contributed by atoms with van der Waals surface area (Å²) in [5, 5.41) is 13.4. The van der Waals surface area contributed by atoms with Crippen LogP contribution in [0.25, 0.3) is 0 Å². The van der Waals surface area contributed by atoms with E-state index in [1.54, 1.807) is 0 Å². The number of hydrogen-bond donors (Lipinski definition) is 1. The highest BCUT2D eigenvalue weighted by atomic mass is 19.1. The fraction of sp³-hybridized carbons (Fsp3) is 0.500. The average molecular weight is 296 g/mol. The van der Waals surface area contributed by atoms with E-state index in [0.717, 1.165) is 31.4 Å². The summed E-state index contributed by atoms with van der Waals surface area (Å²) < 4.78 is 19.4. The molecule has 1 aliphatic heterocycles. The molecule has 1 fully saturated rings. The molecule has 1 heterocycles. The molecule has 1 amide bonds. The lowest BCUT2D eigenvalue weighted by Gasteiger charge is -2.22. The molecule has 1 aliphatic rings. The van der Waals surface area contributed by atoms with Crippen LogP contribution in [0.1, 0.15) is 35.2 Å². The van der Waals surface area contributed by atoms with Crippen LogP contribution in [0.3, 0.4) is 0 Å². The molecule has 114 valence electrons. The molecule has 1 unspecified atom stereocenters. The predicted octanol–water partition coefficient (Wildman–Crippen LogP) is 2.34. The van der Waals surface area contributed by atoms with E-state index in [-0.39, 0.29) is 29.5 Å². The average Bonchev–Trinajstić information content (AvgIpc) is 2.48. The first-order valence-electron chi connectivity index (χ1n) is 6.83. The molecule has 0 spiro atoms. The third-order valence-corrected chi connectivity index (χ3v) is 3.46. The maximum absolute atomic E-state index is 13.9. The second kappa shape index (κ2) is 6.62. The predicted molar refractivity (Wildman–Crippen MR) is 73.7 cm³/mol. The van der Waals surface area contributed by atoms with E-state index >= 15 is 0 Å². The number of ether oxygens (including phenoxy) is 1. The second-order valence-electron chi connectivity index (χ2n) is 5.08. The Morgan fingerprint density at radius 2 is 2.29 bits per heavy atom. The van der Waals surface area contributed by atoms with Gasteiger partial charge in [0.1, 0.15) is 5.82 Å². The zero-order valence-corrected chi connectivity index (χ0v) is 11.7. The first-order valence-corrected chi connectivity index (χ1v) is 6.83. The first kappa shape index (κ1) is 15.4. The summed E-state index contributed by atoms with van der Waals surface area (Å²) in [7, 11) is 0. The molecule has 1 N–H and O–H groups in total. The van der Waals surface area contributed by atoms with Crippen molar-refractivity contribution in [2.45, 2.75) is 32.3 Å². The number of nitro benzene ring substituents is 1. The lowest BCUT2D eigenvalue weighted by Crippen LogP contribution is -2.35. The zero-order valence-electron chi connectivity index (χ0n) is 11.7. The zero-order chi connectivity index (χ0) is 15.4. The molecule has 0 bridgehead atoms. The number of nitro groups is 1. The summed E-state index contributed by atoms with van der Waals surface area (Å²) in [5.41, 5.74) is -0.534. The van der Waals surface area contributed by atoms with Crippen LogP contribution in [-0.4, -0.2) is 30.1 Å². The SMILES string of the molecule is Cc1cc([N+](=O)[O-])cc(C(=O)NCC2CCCCO2)c1F. The highest BCUT2D eigenvalue weighted by molar-refractivity contribution is 5.95. The number of carbonyl (C=O) groups excluding carboxylic acids is 1. The van der Waals surface area contributed by atoms with E-state index in [9.17, 15) is 19.3 Å². The van der Waals surface area contributed by atoms with Crippen LogP contribution in [-0.2, 0) is 4.74 Å². The standard InChI is InChI=1S/C14H17FN2O4/c1-9-6-10(17(19)20)7-12(13(9)15)14(18)16-8-11-4-2-3-5-21-11/h6-7,11H,2-5,8H2,1H3,(H,16,18). The third kappa shape index (κ3) is 3.75. The number of non-ortho nitro benzene ring substituents is 1. The van der Waals surface area contributed by atoms with E-state index in [1.165, 1.54) is 6.92 Å². The van der Waals surface area contributed by atoms with Crippen molar-refractivity contribution in [3.8, 4) is 0 Å². The van der Waals surface area contributed by atoms with Gasteiger partial charge in [0.15, 0.2) is 0 Å². The van der Waals surface area contributed by atoms with Gasteiger partial charge in [-0.25, -0.2) is 4.39 Å². The molecule has 0 radical (unpaired) electrons. The van der Waals surface area contributed by atoms with Crippen molar-refractivity contribution in [2.75, 3.05) is 13.2 Å². The minimum Gasteiger partial charge on any atom is -0.376 e. The highest BCUT2D eigenvalue weighted by Crippen LogP contribution is 2.21. The van der Waals surface area contributed by atoms with Crippen molar-refractivity contribution in [2.24, 2.45) is 0 Å². The van der Waals surface area contributed by atoms with Crippen molar-refractivity contribution in [1.82, 2.24) is 5.32 Å². The number of halogens is 1. The molecular formula is C14H17FN2O4. The van der Waals surface area contributed by atoms with Gasteiger partial charge in [-0.1, -0.05) is 0 Å². The van der Waals surface area contributed by atoms with Crippen LogP contribution in [0.15, 0.2) is 12.1 Å². The van der Waals surface area contributed by atoms with E-state index in [2.05, 4.69) is 5.32 Å². The first-order chi connectivity index (χ1) is 9.99. The molecule has 1 aromatic rings. The summed E-state index contributed by atoms with van der Waals surface area (Å²) in [5.74, 6) is -1.39. The van der Waals surface area contributed by atoms with E-state index < -0.39 is 16.6 Å². The number of benzene rings is 1. The van der Waals surface area contributed by atoms with Gasteiger partial charge < -0.3 is 10.1 Å². The van der Waals surface area contributed by atoms with Gasteiger partial charge in [0.05, 0.1) is 16.6 Å². The summed E-state index contributed by atoms with van der Waals surface area (Å²) in [6.45, 7) is 2.33. The molecule has 21 heavy (non-hydrogen) atoms. The summed E-state index contributed by atoms with van der Waals surface area (Å²) in [6, 6.07) is 2.07. The molecule has 0 aliphatic carbocycles. The fourth-order valence-corrected chi connectivity index (χ4v) is 2.29. The van der Waals surface area contributed by atoms with Crippen molar-refractivity contribution >= 4 is 11.6 Å². The number of nitrogens with zero attached hydrogens (tertiary/aromatic N) is 1. The number of aryl methyl sites for hydroxylation is 1. The largest absolute Gasteiger partial charge is 0.376 e. The van der Waals surface area contributed by atoms with Crippen molar-refractivity contribution < 1.29 is 18.8 Å². The quantitative estimate of drug-likeness (QED) is 0.683. The number of amides is 1. The van der Waals surface area contributed by atoms with Gasteiger partial charge in [-0.15, -0.1) is 0 Å². The van der Waals surface area contributed by atoms with Crippen LogP contribution < -0.4 is 5.32 Å². The smallest absolute Gasteiger partial charge is 0.270 e. The van der Waals surface area contributed by atoms with Gasteiger partial charge in [0.25, 0.3) is 11.6 Å². The van der Waals surface area contributed by atoms with Crippen LogP contribution >= 0.6 is 0 Å². The van der Waals surface area contributed by atoms with E-state index in [1.807, 2.05) is 0 Å². The van der Waals surface area contributed by atoms with E-state index in [4.69, 9.17) is 4.74 Å². The van der Waals surface area contributed by atoms with Crippen LogP contribution in [0.4, 0.5) is 10.1 Å². The molecule has 0 aromatic heterocycles. The second-order valence-corrected chi connectivity index (χ2v) is 5.08. The Kier molecular flexibility index (Phi) is 4.85. The molecule has 1 aromatic carbocycles. The molecule has 1 atom stereocenters. The van der Waals surface area contributed by atoms with Crippen molar-refractivity contribution in [3.05, 3.63) is 39.2 Å². The van der Waals surface area contributed by atoms with Gasteiger partial charge in [0, 0.05) is 25.3 Å². The van der Waals surface area contributed by atoms with E-state index in [0.29, 0.717) is 6.61 Å².